The number of carbonyl (C=O) groups excluding carboxylic acids is 1. The number of aromatic nitrogens is 1. The second-order valence-corrected chi connectivity index (χ2v) is 8.13. The van der Waals surface area contributed by atoms with Crippen LogP contribution in [0, 0.1) is 11.3 Å². The second-order valence-electron chi connectivity index (χ2n) is 8.13. The molecule has 1 saturated heterocycles. The number of hydrogen-bond donors (Lipinski definition) is 0. The van der Waals surface area contributed by atoms with E-state index in [0.29, 0.717) is 24.2 Å². The highest BCUT2D eigenvalue weighted by atomic mass is 16.6. The predicted octanol–water partition coefficient (Wildman–Crippen LogP) is 3.94. The molecule has 1 aromatic heterocycles. The van der Waals surface area contributed by atoms with Gasteiger partial charge in [-0.05, 0) is 58.9 Å². The highest BCUT2D eigenvalue weighted by Gasteiger charge is 2.35. The fourth-order valence-electron chi connectivity index (χ4n) is 3.54. The van der Waals surface area contributed by atoms with Gasteiger partial charge in [0.1, 0.15) is 11.7 Å². The topological polar surface area (TPSA) is 69.5 Å². The summed E-state index contributed by atoms with van der Waals surface area (Å²) in [7, 11) is 0. The van der Waals surface area contributed by atoms with Crippen molar-refractivity contribution in [2.75, 3.05) is 18.0 Å². The van der Waals surface area contributed by atoms with Crippen molar-refractivity contribution in [3.8, 4) is 6.07 Å². The van der Waals surface area contributed by atoms with Crippen LogP contribution in [0.1, 0.15) is 40.2 Å². The predicted molar refractivity (Wildman–Crippen MR) is 106 cm³/mol. The van der Waals surface area contributed by atoms with Gasteiger partial charge >= 0.3 is 6.09 Å². The zero-order valence-electron chi connectivity index (χ0n) is 16.6. The number of nitriles is 1. The number of nitrogens with zero attached hydrogens (tertiary/aromatic N) is 4. The average Bonchev–Trinajstić information content (AvgIpc) is 2.61. The van der Waals surface area contributed by atoms with Crippen LogP contribution >= 0.6 is 0 Å². The van der Waals surface area contributed by atoms with E-state index in [0.717, 1.165) is 11.1 Å². The Bertz CT molecular complexity index is 897. The largest absolute Gasteiger partial charge is 0.444 e. The molecule has 1 amide bonds. The Balaban J connectivity index is 1.90. The lowest BCUT2D eigenvalue weighted by Gasteiger charge is -2.45. The van der Waals surface area contributed by atoms with Crippen LogP contribution in [0.5, 0.6) is 0 Å². The van der Waals surface area contributed by atoms with Crippen molar-refractivity contribution in [1.82, 2.24) is 9.88 Å². The van der Waals surface area contributed by atoms with Gasteiger partial charge in [0.25, 0.3) is 0 Å². The first-order valence-corrected chi connectivity index (χ1v) is 9.25. The molecule has 2 heterocycles. The molecule has 0 unspecified atom stereocenters. The molecule has 2 atom stereocenters. The van der Waals surface area contributed by atoms with Crippen molar-refractivity contribution in [1.29, 1.82) is 5.26 Å². The number of benzene rings is 1. The minimum Gasteiger partial charge on any atom is -0.444 e. The monoisotopic (exact) mass is 366 g/mol. The zero-order valence-corrected chi connectivity index (χ0v) is 16.6. The fourth-order valence-corrected chi connectivity index (χ4v) is 3.54. The van der Waals surface area contributed by atoms with Crippen molar-refractivity contribution in [2.24, 2.45) is 0 Å². The standard InChI is InChI=1S/C21H26N4O2/c1-14-13-25(20(26)27-21(3,4)5)15(2)12-24(14)18-9-8-16(11-22)19-17(18)7-6-10-23-19/h6-10,14-15H,12-13H2,1-5H3/t14-,15+/m0/s1. The highest BCUT2D eigenvalue weighted by Crippen LogP contribution is 2.32. The van der Waals surface area contributed by atoms with E-state index in [1.807, 2.05) is 52.0 Å². The van der Waals surface area contributed by atoms with Crippen molar-refractivity contribution < 1.29 is 9.53 Å². The molecule has 0 radical (unpaired) electrons. The molecule has 0 bridgehead atoms. The van der Waals surface area contributed by atoms with E-state index < -0.39 is 5.60 Å². The number of carbonyl (C=O) groups is 1. The lowest BCUT2D eigenvalue weighted by molar-refractivity contribution is 0.0130. The molecule has 3 rings (SSSR count). The summed E-state index contributed by atoms with van der Waals surface area (Å²) in [6.07, 6.45) is 1.44. The minimum absolute atomic E-state index is 0.0124. The summed E-state index contributed by atoms with van der Waals surface area (Å²) >= 11 is 0. The van der Waals surface area contributed by atoms with Crippen molar-refractivity contribution in [3.63, 3.8) is 0 Å². The van der Waals surface area contributed by atoms with Gasteiger partial charge in [0.15, 0.2) is 0 Å². The summed E-state index contributed by atoms with van der Waals surface area (Å²) in [6, 6.07) is 10.0. The Morgan fingerprint density at radius 1 is 1.22 bits per heavy atom. The molecular formula is C21H26N4O2. The summed E-state index contributed by atoms with van der Waals surface area (Å²) in [4.78, 5) is 21.0. The van der Waals surface area contributed by atoms with Crippen LogP contribution < -0.4 is 4.90 Å². The third kappa shape index (κ3) is 3.82. The molecule has 27 heavy (non-hydrogen) atoms. The Kier molecular flexibility index (Phi) is 4.97. The van der Waals surface area contributed by atoms with Gasteiger partial charge in [0.2, 0.25) is 0 Å². The van der Waals surface area contributed by atoms with Crippen LogP contribution in [0.15, 0.2) is 30.5 Å². The lowest BCUT2D eigenvalue weighted by atomic mass is 10.0. The van der Waals surface area contributed by atoms with Crippen molar-refractivity contribution in [2.45, 2.75) is 52.3 Å². The molecule has 0 aliphatic carbocycles. The SMILES string of the molecule is C[C@@H]1CN(c2ccc(C#N)c3ncccc23)[C@@H](C)CN1C(=O)OC(C)(C)C. The number of anilines is 1. The summed E-state index contributed by atoms with van der Waals surface area (Å²) in [5.74, 6) is 0. The third-order valence-electron chi connectivity index (χ3n) is 4.79. The van der Waals surface area contributed by atoms with Gasteiger partial charge in [-0.3, -0.25) is 4.98 Å². The van der Waals surface area contributed by atoms with Gasteiger partial charge in [-0.1, -0.05) is 0 Å². The molecule has 0 saturated carbocycles. The van der Waals surface area contributed by atoms with Crippen LogP contribution in [0.4, 0.5) is 10.5 Å². The molecule has 6 heteroatoms. The van der Waals surface area contributed by atoms with Gasteiger partial charge in [0, 0.05) is 42.4 Å². The molecule has 1 aromatic carbocycles. The Hall–Kier alpha value is -2.81. The molecular weight excluding hydrogens is 340 g/mol. The van der Waals surface area contributed by atoms with E-state index >= 15 is 0 Å². The Labute approximate surface area is 160 Å². The molecule has 6 nitrogen and oxygen atoms in total. The zero-order chi connectivity index (χ0) is 19.8. The molecule has 1 aliphatic heterocycles. The minimum atomic E-state index is -0.508. The maximum Gasteiger partial charge on any atom is 0.410 e. The van der Waals surface area contributed by atoms with E-state index in [2.05, 4.69) is 22.9 Å². The second kappa shape index (κ2) is 7.07. The molecule has 1 aliphatic rings. The third-order valence-corrected chi connectivity index (χ3v) is 4.79. The van der Waals surface area contributed by atoms with Crippen molar-refractivity contribution >= 4 is 22.7 Å². The van der Waals surface area contributed by atoms with Crippen LogP contribution in [0.3, 0.4) is 0 Å². The average molecular weight is 366 g/mol. The lowest BCUT2D eigenvalue weighted by Crippen LogP contribution is -2.59. The highest BCUT2D eigenvalue weighted by molar-refractivity contribution is 5.95. The number of hydrogen-bond acceptors (Lipinski definition) is 5. The van der Waals surface area contributed by atoms with Crippen LogP contribution in [0.25, 0.3) is 10.9 Å². The maximum atomic E-state index is 12.5. The summed E-state index contributed by atoms with van der Waals surface area (Å²) < 4.78 is 5.56. The first-order valence-electron chi connectivity index (χ1n) is 9.25. The normalized spacial score (nSPS) is 20.4. The van der Waals surface area contributed by atoms with Gasteiger partial charge in [-0.15, -0.1) is 0 Å². The number of rotatable bonds is 1. The molecule has 2 aromatic rings. The number of ether oxygens (including phenoxy) is 1. The van der Waals surface area contributed by atoms with E-state index in [4.69, 9.17) is 4.74 Å². The first kappa shape index (κ1) is 19.0. The molecule has 142 valence electrons. The van der Waals surface area contributed by atoms with E-state index in [1.165, 1.54) is 0 Å². The van der Waals surface area contributed by atoms with Gasteiger partial charge < -0.3 is 14.5 Å². The number of amides is 1. The first-order chi connectivity index (χ1) is 12.7. The van der Waals surface area contributed by atoms with Crippen LogP contribution in [-0.4, -0.2) is 46.8 Å². The molecule has 1 fully saturated rings. The Morgan fingerprint density at radius 3 is 2.63 bits per heavy atom. The van der Waals surface area contributed by atoms with Crippen LogP contribution in [-0.2, 0) is 4.74 Å². The summed E-state index contributed by atoms with van der Waals surface area (Å²) in [6.45, 7) is 11.0. The molecule has 0 spiro atoms. The summed E-state index contributed by atoms with van der Waals surface area (Å²) in [5, 5.41) is 10.3. The fraction of sp³-hybridized carbons (Fsp3) is 0.476. The maximum absolute atomic E-state index is 12.5. The van der Waals surface area contributed by atoms with Gasteiger partial charge in [-0.25, -0.2) is 4.79 Å². The van der Waals surface area contributed by atoms with Gasteiger partial charge in [0.05, 0.1) is 11.1 Å². The van der Waals surface area contributed by atoms with Gasteiger partial charge in [-0.2, -0.15) is 5.26 Å². The molecule has 0 N–H and O–H groups in total. The van der Waals surface area contributed by atoms with Crippen LogP contribution in [0.2, 0.25) is 0 Å². The summed E-state index contributed by atoms with van der Waals surface area (Å²) in [5.41, 5.74) is 1.82. The quantitative estimate of drug-likeness (QED) is 0.764. The number of piperazine rings is 1. The number of pyridine rings is 1. The Morgan fingerprint density at radius 2 is 1.96 bits per heavy atom. The van der Waals surface area contributed by atoms with Crippen molar-refractivity contribution in [3.05, 3.63) is 36.0 Å². The van der Waals surface area contributed by atoms with E-state index in [-0.39, 0.29) is 18.2 Å². The number of fused-ring (bicyclic) bond motifs is 1. The van der Waals surface area contributed by atoms with E-state index in [9.17, 15) is 10.1 Å². The van der Waals surface area contributed by atoms with E-state index in [1.54, 1.807) is 11.1 Å². The smallest absolute Gasteiger partial charge is 0.410 e.